The van der Waals surface area contributed by atoms with Crippen LogP contribution in [-0.2, 0) is 20.7 Å². The number of aliphatic hydroxyl groups is 1. The van der Waals surface area contributed by atoms with Gasteiger partial charge in [-0.3, -0.25) is 4.79 Å². The molecule has 3 N–H and O–H groups in total. The maximum Gasteiger partial charge on any atom is 0.407 e. The zero-order chi connectivity index (χ0) is 26.7. The number of epoxide rings is 1. The van der Waals surface area contributed by atoms with Crippen molar-refractivity contribution in [1.29, 1.82) is 0 Å². The van der Waals surface area contributed by atoms with Crippen LogP contribution in [0.15, 0.2) is 42.0 Å². The topological polar surface area (TPSA) is 109 Å². The van der Waals surface area contributed by atoms with Crippen LogP contribution >= 0.6 is 11.6 Å². The first-order valence-electron chi connectivity index (χ1n) is 12.2. The molecule has 4 atom stereocenters. The Balaban J connectivity index is 0.00000222. The third-order valence-corrected chi connectivity index (χ3v) is 6.73. The highest BCUT2D eigenvalue weighted by atomic mass is 35.5. The number of rotatable bonds is 11. The molecule has 1 aromatic carbocycles. The number of nitrogens with one attached hydrogen (secondary N) is 2. The number of cyclic esters (lactones) is 1. The van der Waals surface area contributed by atoms with Crippen molar-refractivity contribution >= 4 is 23.6 Å². The Morgan fingerprint density at radius 1 is 1.39 bits per heavy atom. The van der Waals surface area contributed by atoms with Gasteiger partial charge in [0.1, 0.15) is 11.9 Å². The van der Waals surface area contributed by atoms with E-state index in [0.717, 1.165) is 31.9 Å². The second-order valence-corrected chi connectivity index (χ2v) is 9.66. The Morgan fingerprint density at radius 2 is 2.14 bits per heavy atom. The van der Waals surface area contributed by atoms with Gasteiger partial charge in [0.05, 0.1) is 23.8 Å². The van der Waals surface area contributed by atoms with Crippen LogP contribution in [-0.4, -0.2) is 62.2 Å². The van der Waals surface area contributed by atoms with Crippen molar-refractivity contribution in [1.82, 2.24) is 10.6 Å². The minimum absolute atomic E-state index is 0.00722. The molecule has 9 heteroatoms. The van der Waals surface area contributed by atoms with Gasteiger partial charge in [-0.25, -0.2) is 4.79 Å². The molecule has 2 aliphatic rings. The van der Waals surface area contributed by atoms with Gasteiger partial charge in [0.15, 0.2) is 0 Å². The molecule has 3 rings (SSSR count). The molecule has 0 saturated carbocycles. The number of aliphatic hydroxyl groups excluding tert-OH is 1. The van der Waals surface area contributed by atoms with E-state index in [0.29, 0.717) is 30.0 Å². The van der Waals surface area contributed by atoms with Crippen molar-refractivity contribution in [3.8, 4) is 5.75 Å². The van der Waals surface area contributed by atoms with Crippen molar-refractivity contribution in [3.63, 3.8) is 0 Å². The molecule has 0 aromatic heterocycles. The van der Waals surface area contributed by atoms with Gasteiger partial charge in [-0.1, -0.05) is 41.5 Å². The number of methoxy groups -OCH3 is 1. The first-order chi connectivity index (χ1) is 17.2. The normalized spacial score (nSPS) is 25.4. The molecule has 2 saturated heterocycles. The lowest BCUT2D eigenvalue weighted by Crippen LogP contribution is -2.45. The zero-order valence-corrected chi connectivity index (χ0v) is 22.6. The van der Waals surface area contributed by atoms with Crippen LogP contribution in [0.25, 0.3) is 0 Å². The highest BCUT2D eigenvalue weighted by Gasteiger charge is 2.53. The Bertz CT molecular complexity index is 950. The molecule has 0 radical (unpaired) electrons. The van der Waals surface area contributed by atoms with E-state index in [4.69, 9.17) is 30.9 Å². The molecule has 2 aliphatic heterocycles. The minimum atomic E-state index is -0.384. The Morgan fingerprint density at radius 3 is 2.83 bits per heavy atom. The van der Waals surface area contributed by atoms with Crippen molar-refractivity contribution in [2.75, 3.05) is 21.3 Å². The number of hydrogen-bond donors (Lipinski definition) is 3. The van der Waals surface area contributed by atoms with Gasteiger partial charge in [-0.2, -0.15) is 0 Å². The van der Waals surface area contributed by atoms with Gasteiger partial charge in [0.2, 0.25) is 5.91 Å². The second kappa shape index (κ2) is 14.3. The fraction of sp³-hybridized carbons (Fsp3) is 0.556. The fourth-order valence-corrected chi connectivity index (χ4v) is 4.47. The lowest BCUT2D eigenvalue weighted by atomic mass is 9.94. The van der Waals surface area contributed by atoms with E-state index in [-0.39, 0.29) is 35.9 Å². The van der Waals surface area contributed by atoms with Crippen molar-refractivity contribution in [2.24, 2.45) is 0 Å². The van der Waals surface area contributed by atoms with Gasteiger partial charge < -0.3 is 30.0 Å². The maximum absolute atomic E-state index is 12.0. The molecule has 200 valence electrons. The quantitative estimate of drug-likeness (QED) is 0.295. The highest BCUT2D eigenvalue weighted by Crippen LogP contribution is 2.44. The summed E-state index contributed by atoms with van der Waals surface area (Å²) in [7, 11) is 4.24. The lowest BCUT2D eigenvalue weighted by Gasteiger charge is -2.29. The average Bonchev–Trinajstić information content (AvgIpc) is 3.51. The SMILES string of the molecule is CNC(=O)CC[C@]1(C)O[C@H]1CC1CC(C/C=C/C=C(\C)Cc2ccc(Cl)c(OC)c2)NC(=O)O1.CO. The number of ether oxygens (including phenoxy) is 3. The van der Waals surface area contributed by atoms with E-state index in [9.17, 15) is 9.59 Å². The van der Waals surface area contributed by atoms with Crippen LogP contribution < -0.4 is 15.4 Å². The third-order valence-electron chi connectivity index (χ3n) is 6.42. The summed E-state index contributed by atoms with van der Waals surface area (Å²) in [5, 5.41) is 13.1. The predicted octanol–water partition coefficient (Wildman–Crippen LogP) is 4.33. The van der Waals surface area contributed by atoms with Crippen molar-refractivity contribution < 1.29 is 28.9 Å². The number of carbonyl (C=O) groups excluding carboxylic acids is 2. The number of hydrogen-bond acceptors (Lipinski definition) is 6. The Kier molecular flexibility index (Phi) is 11.8. The molecule has 2 amide bonds. The standard InChI is InChI=1S/C26H35ClN2O5.CH4O/c1-17(13-18-9-10-21(27)22(14-18)32-4)7-5-6-8-19-15-20(33-25(31)29-19)16-23-26(2,34-23)12-11-24(30)28-3;1-2/h5-7,9-10,14,19-20,23H,8,11-13,15-16H2,1-4H3,(H,28,30)(H,29,31);2H,1H3/b6-5+,17-7+;/t19?,20?,23-,26-;/m0./s1. The number of carbonyl (C=O) groups is 2. The average molecular weight is 523 g/mol. The van der Waals surface area contributed by atoms with E-state index in [2.05, 4.69) is 29.7 Å². The largest absolute Gasteiger partial charge is 0.495 e. The monoisotopic (exact) mass is 522 g/mol. The smallest absolute Gasteiger partial charge is 0.407 e. The Hall–Kier alpha value is -2.55. The lowest BCUT2D eigenvalue weighted by molar-refractivity contribution is -0.120. The minimum Gasteiger partial charge on any atom is -0.495 e. The molecule has 36 heavy (non-hydrogen) atoms. The summed E-state index contributed by atoms with van der Waals surface area (Å²) in [5.74, 6) is 0.684. The summed E-state index contributed by atoms with van der Waals surface area (Å²) in [6.45, 7) is 4.09. The third kappa shape index (κ3) is 9.15. The van der Waals surface area contributed by atoms with Gasteiger partial charge in [-0.05, 0) is 50.8 Å². The van der Waals surface area contributed by atoms with E-state index < -0.39 is 0 Å². The van der Waals surface area contributed by atoms with Gasteiger partial charge in [-0.15, -0.1) is 0 Å². The first-order valence-corrected chi connectivity index (χ1v) is 12.5. The summed E-state index contributed by atoms with van der Waals surface area (Å²) in [4.78, 5) is 23.5. The summed E-state index contributed by atoms with van der Waals surface area (Å²) in [6, 6.07) is 5.82. The van der Waals surface area contributed by atoms with E-state index in [1.165, 1.54) is 5.57 Å². The van der Waals surface area contributed by atoms with E-state index in [1.54, 1.807) is 14.2 Å². The Labute approximate surface area is 219 Å². The van der Waals surface area contributed by atoms with Crippen LogP contribution in [0.4, 0.5) is 4.79 Å². The summed E-state index contributed by atoms with van der Waals surface area (Å²) in [5.41, 5.74) is 2.03. The van der Waals surface area contributed by atoms with Gasteiger partial charge in [0, 0.05) is 39.5 Å². The maximum atomic E-state index is 12.0. The van der Waals surface area contributed by atoms with E-state index in [1.807, 2.05) is 31.2 Å². The van der Waals surface area contributed by atoms with Crippen LogP contribution in [0.3, 0.4) is 0 Å². The molecular weight excluding hydrogens is 484 g/mol. The molecule has 0 aliphatic carbocycles. The zero-order valence-electron chi connectivity index (χ0n) is 21.8. The highest BCUT2D eigenvalue weighted by molar-refractivity contribution is 6.32. The molecule has 0 spiro atoms. The van der Waals surface area contributed by atoms with Crippen LogP contribution in [0.1, 0.15) is 51.5 Å². The van der Waals surface area contributed by atoms with Gasteiger partial charge in [0.25, 0.3) is 0 Å². The number of benzene rings is 1. The molecule has 2 fully saturated rings. The van der Waals surface area contributed by atoms with Crippen LogP contribution in [0, 0.1) is 0 Å². The molecule has 8 nitrogen and oxygen atoms in total. The van der Waals surface area contributed by atoms with Crippen molar-refractivity contribution in [3.05, 3.63) is 52.6 Å². The van der Waals surface area contributed by atoms with Crippen molar-refractivity contribution in [2.45, 2.75) is 76.2 Å². The van der Waals surface area contributed by atoms with Crippen LogP contribution in [0.2, 0.25) is 5.02 Å². The number of amides is 2. The van der Waals surface area contributed by atoms with Crippen LogP contribution in [0.5, 0.6) is 5.75 Å². The molecule has 1 aromatic rings. The second-order valence-electron chi connectivity index (χ2n) is 9.25. The summed E-state index contributed by atoms with van der Waals surface area (Å²) >= 11 is 6.09. The summed E-state index contributed by atoms with van der Waals surface area (Å²) in [6.07, 6.45) is 9.63. The number of alkyl carbamates (subject to hydrolysis) is 1. The van der Waals surface area contributed by atoms with Gasteiger partial charge >= 0.3 is 6.09 Å². The van der Waals surface area contributed by atoms with E-state index >= 15 is 0 Å². The molecule has 2 heterocycles. The predicted molar refractivity (Wildman–Crippen MR) is 140 cm³/mol. The molecule has 2 unspecified atom stereocenters. The number of halogens is 1. The fourth-order valence-electron chi connectivity index (χ4n) is 4.28. The molecular formula is C27H39ClN2O6. The molecule has 0 bridgehead atoms. The number of allylic oxidation sites excluding steroid dienone is 3. The first kappa shape index (κ1) is 29.7. The summed E-state index contributed by atoms with van der Waals surface area (Å²) < 4.78 is 16.6.